The molecule has 2 atom stereocenters. The van der Waals surface area contributed by atoms with Crippen LogP contribution in [0.15, 0.2) is 24.3 Å². The zero-order valence-corrected chi connectivity index (χ0v) is 19.0. The Morgan fingerprint density at radius 2 is 1.70 bits per heavy atom. The highest BCUT2D eigenvalue weighted by Crippen LogP contribution is 2.37. The highest BCUT2D eigenvalue weighted by Gasteiger charge is 2.33. The number of hydrogen-bond donors (Lipinski definition) is 1. The molecular formula is C24H38F3NO2. The number of likely N-dealkylation sites (tertiary alicyclic amines) is 1. The predicted octanol–water partition coefficient (Wildman–Crippen LogP) is 7.03. The van der Waals surface area contributed by atoms with Gasteiger partial charge in [-0.2, -0.15) is 13.2 Å². The number of benzene rings is 1. The van der Waals surface area contributed by atoms with Gasteiger partial charge in [0, 0.05) is 12.5 Å². The molecule has 1 aromatic rings. The Labute approximate surface area is 179 Å². The summed E-state index contributed by atoms with van der Waals surface area (Å²) in [4.78, 5) is 13.4. The largest absolute Gasteiger partial charge is 0.481 e. The van der Waals surface area contributed by atoms with Gasteiger partial charge in [-0.25, -0.2) is 0 Å². The van der Waals surface area contributed by atoms with E-state index >= 15 is 0 Å². The van der Waals surface area contributed by atoms with Gasteiger partial charge in [-0.05, 0) is 74.2 Å². The number of nitrogens with zero attached hydrogens (tertiary/aromatic N) is 1. The monoisotopic (exact) mass is 429 g/mol. The molecule has 1 unspecified atom stereocenters. The number of aliphatic carboxylic acids is 1. The van der Waals surface area contributed by atoms with Gasteiger partial charge in [-0.1, -0.05) is 46.8 Å². The van der Waals surface area contributed by atoms with Crippen LogP contribution in [-0.2, 0) is 11.0 Å². The molecule has 30 heavy (non-hydrogen) atoms. The third-order valence-electron chi connectivity index (χ3n) is 5.13. The SMILES string of the molecule is CC(C)C.CC(C)CCCN1CC[C@@H](CC(=O)O)CC1c1ccc(C(F)(F)F)cc1. The lowest BCUT2D eigenvalue weighted by Gasteiger charge is -2.40. The van der Waals surface area contributed by atoms with Gasteiger partial charge in [-0.15, -0.1) is 0 Å². The minimum Gasteiger partial charge on any atom is -0.481 e. The molecule has 1 saturated heterocycles. The van der Waals surface area contributed by atoms with Crippen molar-refractivity contribution in [1.82, 2.24) is 4.90 Å². The van der Waals surface area contributed by atoms with Gasteiger partial charge in [-0.3, -0.25) is 9.69 Å². The fourth-order valence-electron chi connectivity index (χ4n) is 3.73. The second-order valence-corrected chi connectivity index (χ2v) is 9.43. The van der Waals surface area contributed by atoms with Crippen LogP contribution in [0, 0.1) is 17.8 Å². The van der Waals surface area contributed by atoms with E-state index in [0.717, 1.165) is 56.0 Å². The maximum Gasteiger partial charge on any atom is 0.416 e. The summed E-state index contributed by atoms with van der Waals surface area (Å²) in [6, 6.07) is 5.34. The third kappa shape index (κ3) is 9.96. The molecule has 0 aliphatic carbocycles. The molecule has 0 radical (unpaired) electrons. The van der Waals surface area contributed by atoms with Gasteiger partial charge in [0.2, 0.25) is 0 Å². The van der Waals surface area contributed by atoms with Crippen LogP contribution in [0.5, 0.6) is 0 Å². The Kier molecular flexibility index (Phi) is 10.9. The molecular weight excluding hydrogens is 391 g/mol. The number of carbonyl (C=O) groups is 1. The number of hydrogen-bond acceptors (Lipinski definition) is 2. The molecule has 0 amide bonds. The van der Waals surface area contributed by atoms with E-state index in [2.05, 4.69) is 39.5 Å². The van der Waals surface area contributed by atoms with E-state index in [9.17, 15) is 18.0 Å². The summed E-state index contributed by atoms with van der Waals surface area (Å²) >= 11 is 0. The predicted molar refractivity (Wildman–Crippen MR) is 115 cm³/mol. The number of alkyl halides is 3. The van der Waals surface area contributed by atoms with Crippen molar-refractivity contribution in [3.63, 3.8) is 0 Å². The van der Waals surface area contributed by atoms with Gasteiger partial charge in [0.25, 0.3) is 0 Å². The Bertz CT molecular complexity index is 624. The Balaban J connectivity index is 0.00000103. The molecule has 1 fully saturated rings. The minimum absolute atomic E-state index is 0.0115. The molecule has 1 N–H and O–H groups in total. The molecule has 1 aliphatic heterocycles. The molecule has 3 nitrogen and oxygen atoms in total. The number of halogens is 3. The summed E-state index contributed by atoms with van der Waals surface area (Å²) < 4.78 is 38.4. The van der Waals surface area contributed by atoms with Crippen LogP contribution in [-0.4, -0.2) is 29.1 Å². The first kappa shape index (κ1) is 26.5. The van der Waals surface area contributed by atoms with Crippen molar-refractivity contribution < 1.29 is 23.1 Å². The smallest absolute Gasteiger partial charge is 0.416 e. The molecule has 1 aromatic carbocycles. The molecule has 0 bridgehead atoms. The minimum atomic E-state index is -4.34. The number of piperidine rings is 1. The van der Waals surface area contributed by atoms with Crippen molar-refractivity contribution in [2.75, 3.05) is 13.1 Å². The highest BCUT2D eigenvalue weighted by atomic mass is 19.4. The summed E-state index contributed by atoms with van der Waals surface area (Å²) in [5.74, 6) is 0.708. The van der Waals surface area contributed by atoms with Crippen LogP contribution in [0.25, 0.3) is 0 Å². The molecule has 1 aliphatic rings. The summed E-state index contributed by atoms with van der Waals surface area (Å²) in [6.07, 6.45) is -0.567. The van der Waals surface area contributed by atoms with Crippen LogP contribution in [0.2, 0.25) is 0 Å². The van der Waals surface area contributed by atoms with Crippen molar-refractivity contribution in [3.05, 3.63) is 35.4 Å². The summed E-state index contributed by atoms with van der Waals surface area (Å²) in [7, 11) is 0. The molecule has 172 valence electrons. The van der Waals surface area contributed by atoms with Crippen LogP contribution < -0.4 is 0 Å². The summed E-state index contributed by atoms with van der Waals surface area (Å²) in [6.45, 7) is 12.5. The van der Waals surface area contributed by atoms with Crippen LogP contribution in [0.3, 0.4) is 0 Å². The van der Waals surface area contributed by atoms with Gasteiger partial charge in [0.15, 0.2) is 0 Å². The van der Waals surface area contributed by atoms with Gasteiger partial charge in [0.05, 0.1) is 5.56 Å². The van der Waals surface area contributed by atoms with Crippen molar-refractivity contribution in [3.8, 4) is 0 Å². The first-order chi connectivity index (χ1) is 13.9. The number of carboxylic acids is 1. The van der Waals surface area contributed by atoms with Gasteiger partial charge < -0.3 is 5.11 Å². The normalized spacial score (nSPS) is 20.2. The Morgan fingerprint density at radius 3 is 2.17 bits per heavy atom. The second kappa shape index (κ2) is 12.3. The topological polar surface area (TPSA) is 40.5 Å². The highest BCUT2D eigenvalue weighted by molar-refractivity contribution is 5.67. The van der Waals surface area contributed by atoms with E-state index < -0.39 is 17.7 Å². The van der Waals surface area contributed by atoms with Crippen LogP contribution in [0.1, 0.15) is 83.9 Å². The third-order valence-corrected chi connectivity index (χ3v) is 5.13. The summed E-state index contributed by atoms with van der Waals surface area (Å²) in [5.41, 5.74) is 0.197. The van der Waals surface area contributed by atoms with Crippen molar-refractivity contribution in [1.29, 1.82) is 0 Å². The fourth-order valence-corrected chi connectivity index (χ4v) is 3.73. The first-order valence-corrected chi connectivity index (χ1v) is 11.0. The van der Waals surface area contributed by atoms with Gasteiger partial charge >= 0.3 is 12.1 Å². The molecule has 2 rings (SSSR count). The lowest BCUT2D eigenvalue weighted by Crippen LogP contribution is -2.38. The average molecular weight is 430 g/mol. The summed E-state index contributed by atoms with van der Waals surface area (Å²) in [5, 5.41) is 9.08. The quantitative estimate of drug-likeness (QED) is 0.506. The standard InChI is InChI=1S/C20H28F3NO2.C4H10/c1-14(2)4-3-10-24-11-9-15(13-19(25)26)12-18(24)16-5-7-17(8-6-16)20(21,22)23;1-4(2)3/h5-8,14-15,18H,3-4,9-13H2,1-2H3,(H,25,26);4H,1-3H3/t15-,18?;/m1./s1. The van der Waals surface area contributed by atoms with E-state index in [1.165, 1.54) is 0 Å². The lowest BCUT2D eigenvalue weighted by atomic mass is 9.84. The van der Waals surface area contributed by atoms with Crippen LogP contribution >= 0.6 is 0 Å². The average Bonchev–Trinajstić information content (AvgIpc) is 2.61. The van der Waals surface area contributed by atoms with E-state index in [4.69, 9.17) is 5.11 Å². The number of carboxylic acid groups (broad SMARTS) is 1. The molecule has 0 saturated carbocycles. The second-order valence-electron chi connectivity index (χ2n) is 9.43. The molecule has 1 heterocycles. The fraction of sp³-hybridized carbons (Fsp3) is 0.708. The van der Waals surface area contributed by atoms with E-state index in [-0.39, 0.29) is 18.4 Å². The Morgan fingerprint density at radius 1 is 1.13 bits per heavy atom. The lowest BCUT2D eigenvalue weighted by molar-refractivity contribution is -0.139. The van der Waals surface area contributed by atoms with Crippen molar-refractivity contribution >= 4 is 5.97 Å². The molecule has 6 heteroatoms. The maximum absolute atomic E-state index is 12.8. The Hall–Kier alpha value is -1.56. The maximum atomic E-state index is 12.8. The van der Waals surface area contributed by atoms with Crippen molar-refractivity contribution in [2.45, 2.75) is 78.9 Å². The molecule has 0 spiro atoms. The van der Waals surface area contributed by atoms with E-state index in [1.54, 1.807) is 12.1 Å². The van der Waals surface area contributed by atoms with Crippen LogP contribution in [0.4, 0.5) is 13.2 Å². The zero-order valence-electron chi connectivity index (χ0n) is 19.0. The zero-order chi connectivity index (χ0) is 22.9. The first-order valence-electron chi connectivity index (χ1n) is 11.0. The number of rotatable bonds is 7. The van der Waals surface area contributed by atoms with E-state index in [1.807, 2.05) is 0 Å². The molecule has 0 aromatic heterocycles. The van der Waals surface area contributed by atoms with E-state index in [0.29, 0.717) is 12.3 Å². The van der Waals surface area contributed by atoms with Gasteiger partial charge in [0.1, 0.15) is 0 Å². The van der Waals surface area contributed by atoms with Crippen molar-refractivity contribution in [2.24, 2.45) is 17.8 Å².